The minimum absolute atomic E-state index is 0.0311. The number of hydrogen-bond acceptors (Lipinski definition) is 5. The summed E-state index contributed by atoms with van der Waals surface area (Å²) in [6.07, 6.45) is 2.46. The maximum Gasteiger partial charge on any atom is 0.244 e. The zero-order valence-corrected chi connectivity index (χ0v) is 17.6. The van der Waals surface area contributed by atoms with Crippen molar-refractivity contribution in [3.05, 3.63) is 29.3 Å². The highest BCUT2D eigenvalue weighted by atomic mass is 35.5. The van der Waals surface area contributed by atoms with E-state index in [1.807, 2.05) is 0 Å². The SMILES string of the molecule is COCCC1(NC(=O)C2CCOCC2)CCN(S(=O)(=O)c2ccccc2Cl)C1. The van der Waals surface area contributed by atoms with E-state index in [0.717, 1.165) is 0 Å². The number of halogens is 1. The van der Waals surface area contributed by atoms with Crippen LogP contribution in [0.5, 0.6) is 0 Å². The van der Waals surface area contributed by atoms with Crippen LogP contribution >= 0.6 is 11.6 Å². The van der Waals surface area contributed by atoms with Crippen LogP contribution in [0.2, 0.25) is 5.02 Å². The standard InChI is InChI=1S/C19H27ClN2O5S/c1-26-13-9-19(21-18(23)15-6-11-27-12-7-15)8-10-22(14-19)28(24,25)17-5-3-2-4-16(17)20/h2-5,15H,6-14H2,1H3,(H,21,23). The number of methoxy groups -OCH3 is 1. The molecule has 1 aromatic rings. The Labute approximate surface area is 171 Å². The predicted octanol–water partition coefficient (Wildman–Crippen LogP) is 2.05. The summed E-state index contributed by atoms with van der Waals surface area (Å²) in [4.78, 5) is 12.9. The fourth-order valence-electron chi connectivity index (χ4n) is 3.82. The number of rotatable bonds is 7. The average molecular weight is 431 g/mol. The maximum atomic E-state index is 13.1. The molecule has 3 rings (SSSR count). The van der Waals surface area contributed by atoms with Gasteiger partial charge in [-0.3, -0.25) is 4.79 Å². The predicted molar refractivity (Wildman–Crippen MR) is 106 cm³/mol. The summed E-state index contributed by atoms with van der Waals surface area (Å²) in [7, 11) is -2.14. The molecule has 1 unspecified atom stereocenters. The molecule has 2 fully saturated rings. The molecule has 1 atom stereocenters. The van der Waals surface area contributed by atoms with Crippen molar-refractivity contribution in [2.24, 2.45) is 5.92 Å². The second kappa shape index (κ2) is 9.09. The van der Waals surface area contributed by atoms with Gasteiger partial charge in [0.25, 0.3) is 0 Å². The van der Waals surface area contributed by atoms with E-state index in [1.54, 1.807) is 25.3 Å². The molecule has 0 aliphatic carbocycles. The Morgan fingerprint density at radius 2 is 2.07 bits per heavy atom. The van der Waals surface area contributed by atoms with Gasteiger partial charge in [0.1, 0.15) is 4.90 Å². The van der Waals surface area contributed by atoms with E-state index in [4.69, 9.17) is 21.1 Å². The minimum Gasteiger partial charge on any atom is -0.385 e. The summed E-state index contributed by atoms with van der Waals surface area (Å²) < 4.78 is 38.1. The molecule has 1 aromatic carbocycles. The van der Waals surface area contributed by atoms with Crippen LogP contribution in [0.3, 0.4) is 0 Å². The van der Waals surface area contributed by atoms with Gasteiger partial charge in [-0.05, 0) is 37.8 Å². The van der Waals surface area contributed by atoms with E-state index in [1.165, 1.54) is 10.4 Å². The molecule has 0 aromatic heterocycles. The number of nitrogens with one attached hydrogen (secondary N) is 1. The molecule has 2 aliphatic heterocycles. The number of ether oxygens (including phenoxy) is 2. The monoisotopic (exact) mass is 430 g/mol. The summed E-state index contributed by atoms with van der Waals surface area (Å²) in [6.45, 7) is 2.13. The Balaban J connectivity index is 1.77. The van der Waals surface area contributed by atoms with E-state index in [9.17, 15) is 13.2 Å². The molecular weight excluding hydrogens is 404 g/mol. The number of carbonyl (C=O) groups is 1. The Kier molecular flexibility index (Phi) is 6.98. The van der Waals surface area contributed by atoms with Gasteiger partial charge in [-0.2, -0.15) is 4.31 Å². The largest absolute Gasteiger partial charge is 0.385 e. The van der Waals surface area contributed by atoms with E-state index < -0.39 is 15.6 Å². The molecule has 0 radical (unpaired) electrons. The first kappa shape index (κ1) is 21.5. The molecule has 2 saturated heterocycles. The molecule has 1 amide bonds. The van der Waals surface area contributed by atoms with Gasteiger partial charge in [0.15, 0.2) is 0 Å². The molecule has 0 bridgehead atoms. The molecular formula is C19H27ClN2O5S. The lowest BCUT2D eigenvalue weighted by atomic mass is 9.91. The summed E-state index contributed by atoms with van der Waals surface area (Å²) in [5.74, 6) is -0.126. The number of hydrogen-bond donors (Lipinski definition) is 1. The lowest BCUT2D eigenvalue weighted by Gasteiger charge is -2.33. The fourth-order valence-corrected chi connectivity index (χ4v) is 5.84. The van der Waals surface area contributed by atoms with Crippen LogP contribution in [0.25, 0.3) is 0 Å². The normalized spacial score (nSPS) is 24.4. The van der Waals surface area contributed by atoms with Crippen LogP contribution < -0.4 is 5.32 Å². The summed E-state index contributed by atoms with van der Waals surface area (Å²) in [5, 5.41) is 3.35. The topological polar surface area (TPSA) is 84.9 Å². The second-order valence-corrected chi connectivity index (χ2v) is 9.73. The number of sulfonamides is 1. The number of nitrogens with zero attached hydrogens (tertiary/aromatic N) is 1. The van der Waals surface area contributed by atoms with Gasteiger partial charge in [-0.25, -0.2) is 8.42 Å². The van der Waals surface area contributed by atoms with E-state index in [-0.39, 0.29) is 28.3 Å². The molecule has 0 saturated carbocycles. The van der Waals surface area contributed by atoms with Crippen molar-refractivity contribution in [1.82, 2.24) is 9.62 Å². The van der Waals surface area contributed by atoms with Crippen LogP contribution in [0.4, 0.5) is 0 Å². The van der Waals surface area contributed by atoms with Crippen molar-refractivity contribution >= 4 is 27.5 Å². The third-order valence-electron chi connectivity index (χ3n) is 5.54. The van der Waals surface area contributed by atoms with Crippen LogP contribution in [0.1, 0.15) is 25.7 Å². The number of benzene rings is 1. The molecule has 2 heterocycles. The highest BCUT2D eigenvalue weighted by Gasteiger charge is 2.45. The summed E-state index contributed by atoms with van der Waals surface area (Å²) in [5.41, 5.74) is -0.639. The van der Waals surface area contributed by atoms with Gasteiger partial charge in [-0.1, -0.05) is 23.7 Å². The van der Waals surface area contributed by atoms with Gasteiger partial charge < -0.3 is 14.8 Å². The molecule has 7 nitrogen and oxygen atoms in total. The first-order valence-corrected chi connectivity index (χ1v) is 11.3. The van der Waals surface area contributed by atoms with Gasteiger partial charge >= 0.3 is 0 Å². The first-order valence-electron chi connectivity index (χ1n) is 9.51. The Bertz CT molecular complexity index is 797. The van der Waals surface area contributed by atoms with Crippen molar-refractivity contribution in [3.8, 4) is 0 Å². The first-order chi connectivity index (χ1) is 13.4. The summed E-state index contributed by atoms with van der Waals surface area (Å²) in [6, 6.07) is 6.42. The smallest absolute Gasteiger partial charge is 0.244 e. The van der Waals surface area contributed by atoms with Crippen LogP contribution in [-0.4, -0.2) is 64.2 Å². The molecule has 1 N–H and O–H groups in total. The van der Waals surface area contributed by atoms with Crippen LogP contribution in [0.15, 0.2) is 29.2 Å². The molecule has 156 valence electrons. The van der Waals surface area contributed by atoms with Gasteiger partial charge in [-0.15, -0.1) is 0 Å². The highest BCUT2D eigenvalue weighted by Crippen LogP contribution is 2.33. The third kappa shape index (κ3) is 4.68. The number of carbonyl (C=O) groups excluding carboxylic acids is 1. The van der Waals surface area contributed by atoms with Crippen molar-refractivity contribution in [3.63, 3.8) is 0 Å². The second-order valence-electron chi connectivity index (χ2n) is 7.42. The lowest BCUT2D eigenvalue weighted by Crippen LogP contribution is -2.53. The highest BCUT2D eigenvalue weighted by molar-refractivity contribution is 7.89. The van der Waals surface area contributed by atoms with E-state index in [0.29, 0.717) is 52.0 Å². The Hall–Kier alpha value is -1.19. The van der Waals surface area contributed by atoms with Crippen molar-refractivity contribution in [1.29, 1.82) is 0 Å². The van der Waals surface area contributed by atoms with Crippen molar-refractivity contribution in [2.45, 2.75) is 36.1 Å². The van der Waals surface area contributed by atoms with Gasteiger partial charge in [0.05, 0.1) is 10.6 Å². The van der Waals surface area contributed by atoms with Crippen molar-refractivity contribution < 1.29 is 22.7 Å². The third-order valence-corrected chi connectivity index (χ3v) is 7.88. The maximum absolute atomic E-state index is 13.1. The molecule has 9 heteroatoms. The molecule has 0 spiro atoms. The number of amides is 1. The van der Waals surface area contributed by atoms with Crippen LogP contribution in [0, 0.1) is 5.92 Å². The summed E-state index contributed by atoms with van der Waals surface area (Å²) >= 11 is 6.12. The average Bonchev–Trinajstić information content (AvgIpc) is 3.12. The van der Waals surface area contributed by atoms with Crippen molar-refractivity contribution in [2.75, 3.05) is 40.0 Å². The lowest BCUT2D eigenvalue weighted by molar-refractivity contribution is -0.130. The zero-order chi connectivity index (χ0) is 20.2. The Morgan fingerprint density at radius 1 is 1.36 bits per heavy atom. The van der Waals surface area contributed by atoms with E-state index in [2.05, 4.69) is 5.32 Å². The zero-order valence-electron chi connectivity index (χ0n) is 16.0. The Morgan fingerprint density at radius 3 is 2.75 bits per heavy atom. The minimum atomic E-state index is -3.74. The fraction of sp³-hybridized carbons (Fsp3) is 0.632. The van der Waals surface area contributed by atoms with E-state index >= 15 is 0 Å². The van der Waals surface area contributed by atoms with Crippen LogP contribution in [-0.2, 0) is 24.3 Å². The quantitative estimate of drug-likeness (QED) is 0.715. The van der Waals surface area contributed by atoms with Gasteiger partial charge in [0.2, 0.25) is 15.9 Å². The molecule has 28 heavy (non-hydrogen) atoms. The van der Waals surface area contributed by atoms with Gasteiger partial charge in [0, 0.05) is 45.9 Å². The molecule has 2 aliphatic rings.